The van der Waals surface area contributed by atoms with Gasteiger partial charge in [-0.3, -0.25) is 14.5 Å². The van der Waals surface area contributed by atoms with Crippen molar-refractivity contribution in [3.05, 3.63) is 34.9 Å². The van der Waals surface area contributed by atoms with Crippen LogP contribution in [0.25, 0.3) is 0 Å². The average Bonchev–Trinajstić information content (AvgIpc) is 2.72. The number of halogens is 1. The van der Waals surface area contributed by atoms with Gasteiger partial charge in [0.25, 0.3) is 0 Å². The summed E-state index contributed by atoms with van der Waals surface area (Å²) in [5.41, 5.74) is -0.691. The number of hydrogen-bond donors (Lipinski definition) is 0. The number of esters is 1. The van der Waals surface area contributed by atoms with Crippen LogP contribution in [0.1, 0.15) is 65.4 Å². The summed E-state index contributed by atoms with van der Waals surface area (Å²) in [6, 6.07) is 6.97. The van der Waals surface area contributed by atoms with E-state index < -0.39 is 29.8 Å². The summed E-state index contributed by atoms with van der Waals surface area (Å²) >= 11 is 6.41. The van der Waals surface area contributed by atoms with Crippen LogP contribution in [0.4, 0.5) is 4.79 Å². The molecular weight excluding hydrogens is 434 g/mol. The van der Waals surface area contributed by atoms with Gasteiger partial charge in [-0.15, -0.1) is 0 Å². The zero-order valence-electron chi connectivity index (χ0n) is 19.4. The number of carbonyl (C=O) groups is 4. The summed E-state index contributed by atoms with van der Waals surface area (Å²) in [5, 5.41) is 0.394. The van der Waals surface area contributed by atoms with Crippen LogP contribution >= 0.6 is 11.6 Å². The molecule has 1 saturated carbocycles. The highest BCUT2D eigenvalue weighted by atomic mass is 35.5. The SMILES string of the molecule is CC(=O)C[C@H](C(=O)OC(C)OC(=O)N(C)[C@@]1(c2ccccc2Cl)CCCCC1=O)C(C)C. The summed E-state index contributed by atoms with van der Waals surface area (Å²) in [6.07, 6.45) is 0.314. The van der Waals surface area contributed by atoms with Crippen molar-refractivity contribution in [1.82, 2.24) is 4.90 Å². The van der Waals surface area contributed by atoms with Gasteiger partial charge in [-0.25, -0.2) is 4.79 Å². The van der Waals surface area contributed by atoms with E-state index in [1.807, 2.05) is 13.8 Å². The zero-order valence-corrected chi connectivity index (χ0v) is 20.1. The summed E-state index contributed by atoms with van der Waals surface area (Å²) in [4.78, 5) is 51.4. The van der Waals surface area contributed by atoms with Gasteiger partial charge in [-0.2, -0.15) is 0 Å². The molecule has 0 heterocycles. The van der Waals surface area contributed by atoms with Gasteiger partial charge in [0, 0.05) is 37.4 Å². The molecule has 3 atom stereocenters. The first-order chi connectivity index (χ1) is 15.0. The molecule has 1 aromatic carbocycles. The molecule has 1 fully saturated rings. The fraction of sp³-hybridized carbons (Fsp3) is 0.583. The number of amides is 1. The minimum atomic E-state index is -1.24. The van der Waals surface area contributed by atoms with Gasteiger partial charge < -0.3 is 14.3 Å². The number of ether oxygens (including phenoxy) is 2. The van der Waals surface area contributed by atoms with Gasteiger partial charge in [0.05, 0.1) is 5.92 Å². The van der Waals surface area contributed by atoms with Crippen LogP contribution in [0.5, 0.6) is 0 Å². The number of nitrogens with zero attached hydrogens (tertiary/aromatic N) is 1. The van der Waals surface area contributed by atoms with Crippen molar-refractivity contribution in [1.29, 1.82) is 0 Å². The predicted octanol–water partition coefficient (Wildman–Crippen LogP) is 4.89. The van der Waals surface area contributed by atoms with Gasteiger partial charge in [-0.1, -0.05) is 43.6 Å². The van der Waals surface area contributed by atoms with Crippen molar-refractivity contribution in [3.63, 3.8) is 0 Å². The van der Waals surface area contributed by atoms with Crippen molar-refractivity contribution in [3.8, 4) is 0 Å². The van der Waals surface area contributed by atoms with E-state index in [-0.39, 0.29) is 23.9 Å². The molecule has 0 radical (unpaired) electrons. The van der Waals surface area contributed by atoms with E-state index in [0.29, 0.717) is 23.4 Å². The van der Waals surface area contributed by atoms with E-state index in [1.165, 1.54) is 25.8 Å². The first-order valence-corrected chi connectivity index (χ1v) is 11.3. The van der Waals surface area contributed by atoms with Crippen molar-refractivity contribution >= 4 is 35.2 Å². The van der Waals surface area contributed by atoms with Crippen molar-refractivity contribution in [2.45, 2.75) is 71.6 Å². The molecule has 1 amide bonds. The van der Waals surface area contributed by atoms with Crippen LogP contribution in [0.15, 0.2) is 24.3 Å². The lowest BCUT2D eigenvalue weighted by Gasteiger charge is -2.43. The molecule has 0 N–H and O–H groups in total. The molecule has 1 aliphatic rings. The molecule has 1 unspecified atom stereocenters. The number of hydrogen-bond acceptors (Lipinski definition) is 6. The van der Waals surface area contributed by atoms with Crippen molar-refractivity contribution < 1.29 is 28.7 Å². The highest BCUT2D eigenvalue weighted by Crippen LogP contribution is 2.42. The predicted molar refractivity (Wildman–Crippen MR) is 120 cm³/mol. The Labute approximate surface area is 194 Å². The molecule has 0 aromatic heterocycles. The minimum absolute atomic E-state index is 0.0567. The maximum atomic E-state index is 13.1. The largest absolute Gasteiger partial charge is 0.425 e. The second-order valence-electron chi connectivity index (χ2n) is 8.67. The molecule has 7 nitrogen and oxygen atoms in total. The zero-order chi connectivity index (χ0) is 24.1. The third-order valence-electron chi connectivity index (χ3n) is 5.98. The van der Waals surface area contributed by atoms with Gasteiger partial charge in [-0.05, 0) is 38.2 Å². The Morgan fingerprint density at radius 1 is 1.12 bits per heavy atom. The number of carbonyl (C=O) groups excluding carboxylic acids is 4. The number of rotatable bonds is 8. The summed E-state index contributed by atoms with van der Waals surface area (Å²) in [6.45, 7) is 6.48. The Balaban J connectivity index is 2.20. The molecule has 176 valence electrons. The number of Topliss-reactive ketones (excluding diaryl/α,β-unsaturated/α-hetero) is 2. The maximum Gasteiger partial charge on any atom is 0.413 e. The van der Waals surface area contributed by atoms with E-state index >= 15 is 0 Å². The molecule has 0 aliphatic heterocycles. The Kier molecular flexibility index (Phi) is 8.84. The van der Waals surface area contributed by atoms with Gasteiger partial charge >= 0.3 is 12.1 Å². The Morgan fingerprint density at radius 2 is 1.78 bits per heavy atom. The second kappa shape index (κ2) is 10.9. The van der Waals surface area contributed by atoms with Crippen LogP contribution in [0.2, 0.25) is 5.02 Å². The highest BCUT2D eigenvalue weighted by Gasteiger charge is 2.49. The summed E-state index contributed by atoms with van der Waals surface area (Å²) in [5.74, 6) is -1.57. The van der Waals surface area contributed by atoms with E-state index in [4.69, 9.17) is 21.1 Å². The summed E-state index contributed by atoms with van der Waals surface area (Å²) < 4.78 is 10.7. The fourth-order valence-electron chi connectivity index (χ4n) is 4.18. The van der Waals surface area contributed by atoms with Gasteiger partial charge in [0.1, 0.15) is 11.3 Å². The number of ketones is 2. The quantitative estimate of drug-likeness (QED) is 0.401. The monoisotopic (exact) mass is 465 g/mol. The molecule has 32 heavy (non-hydrogen) atoms. The topological polar surface area (TPSA) is 90.0 Å². The van der Waals surface area contributed by atoms with E-state index in [9.17, 15) is 19.2 Å². The first-order valence-electron chi connectivity index (χ1n) is 10.9. The van der Waals surface area contributed by atoms with E-state index in [2.05, 4.69) is 0 Å². The second-order valence-corrected chi connectivity index (χ2v) is 9.08. The van der Waals surface area contributed by atoms with E-state index in [0.717, 1.165) is 12.8 Å². The van der Waals surface area contributed by atoms with Gasteiger partial charge in [0.2, 0.25) is 6.29 Å². The molecule has 2 rings (SSSR count). The Hall–Kier alpha value is -2.41. The first kappa shape index (κ1) is 25.8. The fourth-order valence-corrected chi connectivity index (χ4v) is 4.47. The lowest BCUT2D eigenvalue weighted by molar-refractivity contribution is -0.174. The third-order valence-corrected chi connectivity index (χ3v) is 6.31. The lowest BCUT2D eigenvalue weighted by atomic mass is 9.74. The smallest absolute Gasteiger partial charge is 0.413 e. The van der Waals surface area contributed by atoms with Crippen LogP contribution in [0.3, 0.4) is 0 Å². The molecular formula is C24H32ClNO6. The van der Waals surface area contributed by atoms with Crippen LogP contribution in [-0.2, 0) is 29.4 Å². The van der Waals surface area contributed by atoms with Crippen molar-refractivity contribution in [2.24, 2.45) is 11.8 Å². The van der Waals surface area contributed by atoms with Crippen molar-refractivity contribution in [2.75, 3.05) is 7.05 Å². The average molecular weight is 466 g/mol. The van der Waals surface area contributed by atoms with Gasteiger partial charge in [0.15, 0.2) is 5.78 Å². The van der Waals surface area contributed by atoms with Crippen LogP contribution in [-0.4, -0.2) is 41.9 Å². The molecule has 0 bridgehead atoms. The highest BCUT2D eigenvalue weighted by molar-refractivity contribution is 6.31. The molecule has 0 spiro atoms. The Morgan fingerprint density at radius 3 is 2.34 bits per heavy atom. The number of benzene rings is 1. The molecule has 8 heteroatoms. The van der Waals surface area contributed by atoms with Crippen LogP contribution in [0, 0.1) is 11.8 Å². The molecule has 1 aromatic rings. The molecule has 1 aliphatic carbocycles. The van der Waals surface area contributed by atoms with Crippen LogP contribution < -0.4 is 0 Å². The van der Waals surface area contributed by atoms with E-state index in [1.54, 1.807) is 24.3 Å². The third kappa shape index (κ3) is 5.68. The lowest BCUT2D eigenvalue weighted by Crippen LogP contribution is -2.54. The normalized spacial score (nSPS) is 20.4. The number of likely N-dealkylation sites (N-methyl/N-ethyl adjacent to an activating group) is 1. The molecule has 0 saturated heterocycles. The maximum absolute atomic E-state index is 13.1. The minimum Gasteiger partial charge on any atom is -0.425 e. The standard InChI is InChI=1S/C24H32ClNO6/c1-15(2)18(14-16(3)27)22(29)31-17(4)32-23(30)26(5)24(13-9-8-12-21(24)28)19-10-6-7-11-20(19)25/h6-7,10-11,15,17-18H,8-9,12-14H2,1-5H3/t17?,18-,24+/m0/s1. The Bertz CT molecular complexity index is 870. The summed E-state index contributed by atoms with van der Waals surface area (Å²) in [7, 11) is 1.50.